The molecule has 0 radical (unpaired) electrons. The van der Waals surface area contributed by atoms with Crippen molar-refractivity contribution >= 4 is 17.8 Å². The molecule has 0 unspecified atom stereocenters. The van der Waals surface area contributed by atoms with Gasteiger partial charge in [-0.25, -0.2) is 4.79 Å². The van der Waals surface area contributed by atoms with Crippen molar-refractivity contribution in [3.8, 4) is 0 Å². The van der Waals surface area contributed by atoms with Crippen LogP contribution < -0.4 is 0 Å². The molecule has 2 heterocycles. The van der Waals surface area contributed by atoms with E-state index in [1.54, 1.807) is 19.1 Å². The van der Waals surface area contributed by atoms with Crippen LogP contribution in [0, 0.1) is 5.41 Å². The molecule has 178 valence electrons. The summed E-state index contributed by atoms with van der Waals surface area (Å²) in [5.41, 5.74) is 1.70. The number of carboxylic acid groups (broad SMARTS) is 1. The molecule has 6 heteroatoms. The molecular weight excluding hydrogens is 428 g/mol. The van der Waals surface area contributed by atoms with Crippen LogP contribution >= 0.6 is 0 Å². The number of fused-ring (bicyclic) bond motifs is 1. The van der Waals surface area contributed by atoms with Crippen LogP contribution in [-0.4, -0.2) is 56.9 Å². The van der Waals surface area contributed by atoms with Crippen LogP contribution in [0.2, 0.25) is 0 Å². The van der Waals surface area contributed by atoms with Gasteiger partial charge in [0.15, 0.2) is 0 Å². The highest BCUT2D eigenvalue weighted by molar-refractivity contribution is 5.96. The molecule has 2 bridgehead atoms. The molecule has 3 aliphatic rings. The van der Waals surface area contributed by atoms with Crippen molar-refractivity contribution in [2.75, 3.05) is 0 Å². The van der Waals surface area contributed by atoms with E-state index in [0.29, 0.717) is 12.0 Å². The van der Waals surface area contributed by atoms with Crippen LogP contribution in [0.4, 0.5) is 0 Å². The van der Waals surface area contributed by atoms with Crippen LogP contribution in [0.25, 0.3) is 0 Å². The minimum Gasteiger partial charge on any atom is -0.478 e. The molecule has 0 spiro atoms. The lowest BCUT2D eigenvalue weighted by Crippen LogP contribution is -2.61. The Bertz CT molecular complexity index is 1100. The molecule has 5 atom stereocenters. The van der Waals surface area contributed by atoms with Crippen molar-refractivity contribution in [2.24, 2.45) is 5.41 Å². The van der Waals surface area contributed by atoms with Gasteiger partial charge in [-0.2, -0.15) is 0 Å². The van der Waals surface area contributed by atoms with Crippen molar-refractivity contribution in [3.05, 3.63) is 71.3 Å². The fourth-order valence-corrected chi connectivity index (χ4v) is 7.00. The Morgan fingerprint density at radius 1 is 0.912 bits per heavy atom. The first-order valence-electron chi connectivity index (χ1n) is 12.3. The first-order valence-corrected chi connectivity index (χ1v) is 12.3. The van der Waals surface area contributed by atoms with Crippen molar-refractivity contribution in [2.45, 2.75) is 76.5 Å². The number of aromatic carboxylic acids is 1. The van der Waals surface area contributed by atoms with E-state index in [0.717, 1.165) is 32.1 Å². The number of nitrogens with zero attached hydrogens (tertiary/aromatic N) is 2. The van der Waals surface area contributed by atoms with Gasteiger partial charge in [0.1, 0.15) is 0 Å². The highest BCUT2D eigenvalue weighted by atomic mass is 16.4. The third-order valence-corrected chi connectivity index (χ3v) is 8.47. The van der Waals surface area contributed by atoms with Crippen LogP contribution in [0.15, 0.2) is 54.6 Å². The lowest BCUT2D eigenvalue weighted by Gasteiger charge is -2.50. The Morgan fingerprint density at radius 3 is 2.09 bits per heavy atom. The molecule has 34 heavy (non-hydrogen) atoms. The van der Waals surface area contributed by atoms with E-state index in [-0.39, 0.29) is 47.0 Å². The topological polar surface area (TPSA) is 77.9 Å². The molecular formula is C28H32N2O4. The number of benzene rings is 2. The van der Waals surface area contributed by atoms with Crippen LogP contribution in [0.3, 0.4) is 0 Å². The Kier molecular flexibility index (Phi) is 5.70. The second-order valence-corrected chi connectivity index (χ2v) is 10.4. The first-order chi connectivity index (χ1) is 16.3. The highest BCUT2D eigenvalue weighted by Crippen LogP contribution is 2.55. The molecule has 6 nitrogen and oxygen atoms in total. The van der Waals surface area contributed by atoms with Gasteiger partial charge in [0.2, 0.25) is 5.91 Å². The maximum absolute atomic E-state index is 14.0. The van der Waals surface area contributed by atoms with Crippen molar-refractivity contribution in [1.82, 2.24) is 9.80 Å². The zero-order valence-electron chi connectivity index (χ0n) is 19.8. The lowest BCUT2D eigenvalue weighted by atomic mass is 9.69. The van der Waals surface area contributed by atoms with Crippen molar-refractivity contribution < 1.29 is 19.5 Å². The summed E-state index contributed by atoms with van der Waals surface area (Å²) < 4.78 is 0. The van der Waals surface area contributed by atoms with E-state index in [2.05, 4.69) is 28.9 Å². The van der Waals surface area contributed by atoms with Gasteiger partial charge in [-0.15, -0.1) is 0 Å². The Morgan fingerprint density at radius 2 is 1.50 bits per heavy atom. The van der Waals surface area contributed by atoms with Gasteiger partial charge in [-0.05, 0) is 55.5 Å². The zero-order valence-corrected chi connectivity index (χ0v) is 19.8. The second kappa shape index (κ2) is 8.57. The number of hydrogen-bond acceptors (Lipinski definition) is 3. The number of rotatable bonds is 4. The largest absolute Gasteiger partial charge is 0.478 e. The van der Waals surface area contributed by atoms with E-state index in [4.69, 9.17) is 0 Å². The number of hydrogen-bond donors (Lipinski definition) is 1. The Balaban J connectivity index is 1.58. The minimum atomic E-state index is -1.00. The Labute approximate surface area is 200 Å². The third kappa shape index (κ3) is 3.60. The molecule has 2 aromatic carbocycles. The summed E-state index contributed by atoms with van der Waals surface area (Å²) >= 11 is 0. The fourth-order valence-electron chi connectivity index (χ4n) is 7.00. The van der Waals surface area contributed by atoms with Gasteiger partial charge < -0.3 is 14.9 Å². The number of carboxylic acids is 1. The summed E-state index contributed by atoms with van der Waals surface area (Å²) in [6.07, 6.45) is 5.61. The SMILES string of the molecule is CC(=O)N1[C@H](Cc2ccccc2)[C@@H]2C[C@@]3(C)[C@H](CCCC[C@@H]13)N2C(=O)c1ccc(C(=O)O)cc1. The molecule has 1 saturated carbocycles. The summed E-state index contributed by atoms with van der Waals surface area (Å²) in [6.45, 7) is 3.94. The van der Waals surface area contributed by atoms with Crippen molar-refractivity contribution in [1.29, 1.82) is 0 Å². The van der Waals surface area contributed by atoms with Gasteiger partial charge in [-0.3, -0.25) is 9.59 Å². The van der Waals surface area contributed by atoms with Gasteiger partial charge >= 0.3 is 5.97 Å². The second-order valence-electron chi connectivity index (χ2n) is 10.4. The number of piperidine rings is 1. The monoisotopic (exact) mass is 460 g/mol. The van der Waals surface area contributed by atoms with Gasteiger partial charge in [0, 0.05) is 30.0 Å². The fraction of sp³-hybridized carbons (Fsp3) is 0.464. The maximum atomic E-state index is 14.0. The molecule has 1 N–H and O–H groups in total. The van der Waals surface area contributed by atoms with E-state index < -0.39 is 5.97 Å². The van der Waals surface area contributed by atoms with Crippen LogP contribution in [0.5, 0.6) is 0 Å². The van der Waals surface area contributed by atoms with Gasteiger partial charge in [-0.1, -0.05) is 50.1 Å². The summed E-state index contributed by atoms with van der Waals surface area (Å²) in [5, 5.41) is 9.25. The molecule has 3 fully saturated rings. The van der Waals surface area contributed by atoms with Crippen molar-refractivity contribution in [3.63, 3.8) is 0 Å². The first kappa shape index (κ1) is 22.6. The van der Waals surface area contributed by atoms with E-state index in [9.17, 15) is 19.5 Å². The normalized spacial score (nSPS) is 30.1. The van der Waals surface area contributed by atoms with E-state index in [1.807, 2.05) is 18.2 Å². The summed E-state index contributed by atoms with van der Waals surface area (Å²) in [4.78, 5) is 42.5. The van der Waals surface area contributed by atoms with Gasteiger partial charge in [0.05, 0.1) is 17.6 Å². The Hall–Kier alpha value is -3.15. The molecule has 2 amide bonds. The zero-order chi connectivity index (χ0) is 24.0. The molecule has 1 aliphatic carbocycles. The molecule has 2 aliphatic heterocycles. The van der Waals surface area contributed by atoms with Crippen LogP contribution in [-0.2, 0) is 11.2 Å². The summed E-state index contributed by atoms with van der Waals surface area (Å²) in [5.74, 6) is -0.974. The maximum Gasteiger partial charge on any atom is 0.335 e. The quantitative estimate of drug-likeness (QED) is 0.734. The van der Waals surface area contributed by atoms with Crippen LogP contribution in [0.1, 0.15) is 72.2 Å². The average Bonchev–Trinajstić information content (AvgIpc) is 2.97. The molecule has 2 aromatic rings. The predicted octanol–water partition coefficient (Wildman–Crippen LogP) is 4.39. The minimum absolute atomic E-state index is 0.0558. The van der Waals surface area contributed by atoms with E-state index in [1.165, 1.54) is 17.7 Å². The number of likely N-dealkylation sites (tertiary alicyclic amines) is 2. The smallest absolute Gasteiger partial charge is 0.335 e. The predicted molar refractivity (Wildman–Crippen MR) is 129 cm³/mol. The number of carbonyl (C=O) groups excluding carboxylic acids is 2. The standard InChI is InChI=1S/C28H32N2O4/c1-18(31)29-22(16-19-8-4-3-5-9-19)23-17-28(2)24(29)10-6-7-11-25(28)30(23)26(32)20-12-14-21(15-13-20)27(33)34/h3-5,8-9,12-15,22-25H,6-7,10-11,16-17H2,1-2H3,(H,33,34)/t22-,23+,24-,25+,28-/m1/s1. The number of carbonyl (C=O) groups is 3. The van der Waals surface area contributed by atoms with E-state index >= 15 is 0 Å². The third-order valence-electron chi connectivity index (χ3n) is 8.47. The lowest BCUT2D eigenvalue weighted by molar-refractivity contribution is -0.141. The molecule has 5 rings (SSSR count). The van der Waals surface area contributed by atoms with Gasteiger partial charge in [0.25, 0.3) is 5.91 Å². The molecule has 2 saturated heterocycles. The average molecular weight is 461 g/mol. The summed E-state index contributed by atoms with van der Waals surface area (Å²) in [7, 11) is 0. The summed E-state index contributed by atoms with van der Waals surface area (Å²) in [6, 6.07) is 16.5. The highest BCUT2D eigenvalue weighted by Gasteiger charge is 2.63. The number of amides is 2. The molecule has 0 aromatic heterocycles.